The lowest BCUT2D eigenvalue weighted by Crippen LogP contribution is -2.47. The van der Waals surface area contributed by atoms with Crippen molar-refractivity contribution in [3.63, 3.8) is 0 Å². The Morgan fingerprint density at radius 3 is 2.43 bits per heavy atom. The molecule has 0 aromatic heterocycles. The smallest absolute Gasteiger partial charge is 0.139 e. The number of halogens is 3. The van der Waals surface area contributed by atoms with Crippen molar-refractivity contribution < 1.29 is 18.6 Å². The van der Waals surface area contributed by atoms with Gasteiger partial charge >= 0.3 is 0 Å². The molecular formula is C9H7BrF2O2. The first-order valence-electron chi connectivity index (χ1n) is 3.98. The molecule has 1 aromatic carbocycles. The summed E-state index contributed by atoms with van der Waals surface area (Å²) in [6.07, 6.45) is 0. The maximum Gasteiger partial charge on any atom is 0.139 e. The minimum atomic E-state index is -1.37. The van der Waals surface area contributed by atoms with Crippen LogP contribution in [0, 0.1) is 11.6 Å². The van der Waals surface area contributed by atoms with Crippen LogP contribution in [0.25, 0.3) is 0 Å². The molecule has 76 valence electrons. The van der Waals surface area contributed by atoms with Crippen LogP contribution in [-0.2, 0) is 10.3 Å². The monoisotopic (exact) mass is 264 g/mol. The molecule has 1 N–H and O–H groups in total. The average Bonchev–Trinajstić information content (AvgIpc) is 2.07. The van der Waals surface area contributed by atoms with Crippen LogP contribution >= 0.6 is 15.9 Å². The van der Waals surface area contributed by atoms with Gasteiger partial charge in [-0.25, -0.2) is 8.78 Å². The fraction of sp³-hybridized carbons (Fsp3) is 0.333. The number of rotatable bonds is 1. The van der Waals surface area contributed by atoms with Gasteiger partial charge in [-0.05, 0) is 28.1 Å². The van der Waals surface area contributed by atoms with Crippen LogP contribution in [0.1, 0.15) is 5.56 Å². The molecule has 0 atom stereocenters. The highest BCUT2D eigenvalue weighted by molar-refractivity contribution is 9.10. The minimum absolute atomic E-state index is 0.00495. The number of aliphatic hydroxyl groups is 1. The molecule has 1 heterocycles. The highest BCUT2D eigenvalue weighted by Crippen LogP contribution is 2.33. The third-order valence-corrected chi connectivity index (χ3v) is 2.80. The molecule has 1 aliphatic heterocycles. The second-order valence-electron chi connectivity index (χ2n) is 3.27. The fourth-order valence-corrected chi connectivity index (χ4v) is 1.65. The summed E-state index contributed by atoms with van der Waals surface area (Å²) in [5, 5.41) is 9.73. The van der Waals surface area contributed by atoms with Gasteiger partial charge in [-0.3, -0.25) is 0 Å². The highest BCUT2D eigenvalue weighted by Gasteiger charge is 2.40. The van der Waals surface area contributed by atoms with Gasteiger partial charge in [0.25, 0.3) is 0 Å². The lowest BCUT2D eigenvalue weighted by molar-refractivity contribution is -0.186. The zero-order valence-electron chi connectivity index (χ0n) is 7.06. The summed E-state index contributed by atoms with van der Waals surface area (Å²) in [5.74, 6) is -1.23. The van der Waals surface area contributed by atoms with Gasteiger partial charge in [-0.1, -0.05) is 0 Å². The minimum Gasteiger partial charge on any atom is -0.380 e. The summed E-state index contributed by atoms with van der Waals surface area (Å²) in [7, 11) is 0. The van der Waals surface area contributed by atoms with E-state index in [2.05, 4.69) is 15.9 Å². The fourth-order valence-electron chi connectivity index (χ4n) is 1.33. The number of ether oxygens (including phenoxy) is 1. The van der Waals surface area contributed by atoms with Gasteiger partial charge in [0.2, 0.25) is 0 Å². The van der Waals surface area contributed by atoms with E-state index in [-0.39, 0.29) is 23.2 Å². The largest absolute Gasteiger partial charge is 0.380 e. The summed E-state index contributed by atoms with van der Waals surface area (Å²) in [5.41, 5.74) is -1.42. The summed E-state index contributed by atoms with van der Waals surface area (Å²) in [6.45, 7) is 0.00991. The highest BCUT2D eigenvalue weighted by atomic mass is 79.9. The molecular weight excluding hydrogens is 258 g/mol. The Labute approximate surface area is 87.6 Å². The van der Waals surface area contributed by atoms with Crippen molar-refractivity contribution >= 4 is 15.9 Å². The molecule has 0 unspecified atom stereocenters. The van der Waals surface area contributed by atoms with Gasteiger partial charge in [0, 0.05) is 5.56 Å². The molecule has 0 bridgehead atoms. The van der Waals surface area contributed by atoms with Crippen LogP contribution < -0.4 is 0 Å². The summed E-state index contributed by atoms with van der Waals surface area (Å²) >= 11 is 2.86. The van der Waals surface area contributed by atoms with E-state index in [0.717, 1.165) is 12.1 Å². The van der Waals surface area contributed by atoms with Gasteiger partial charge in [-0.2, -0.15) is 0 Å². The van der Waals surface area contributed by atoms with Gasteiger partial charge in [0.05, 0.1) is 17.7 Å². The standard InChI is InChI=1S/C9H7BrF2O2/c10-6-2-7(11)5(1-8(6)12)9(13)3-14-4-9/h1-2,13H,3-4H2. The Kier molecular flexibility index (Phi) is 2.33. The van der Waals surface area contributed by atoms with Gasteiger partial charge in [0.15, 0.2) is 0 Å². The van der Waals surface area contributed by atoms with E-state index >= 15 is 0 Å². The van der Waals surface area contributed by atoms with Crippen LogP contribution in [0.2, 0.25) is 0 Å². The molecule has 2 nitrogen and oxygen atoms in total. The van der Waals surface area contributed by atoms with Gasteiger partial charge in [-0.15, -0.1) is 0 Å². The van der Waals surface area contributed by atoms with Gasteiger partial charge in [0.1, 0.15) is 17.2 Å². The molecule has 0 saturated carbocycles. The van der Waals surface area contributed by atoms with Crippen molar-refractivity contribution in [1.82, 2.24) is 0 Å². The summed E-state index contributed by atoms with van der Waals surface area (Å²) < 4.78 is 31.2. The zero-order chi connectivity index (χ0) is 10.3. The van der Waals surface area contributed by atoms with E-state index in [9.17, 15) is 13.9 Å². The Morgan fingerprint density at radius 2 is 1.93 bits per heavy atom. The van der Waals surface area contributed by atoms with Crippen molar-refractivity contribution in [3.8, 4) is 0 Å². The topological polar surface area (TPSA) is 29.5 Å². The summed E-state index contributed by atoms with van der Waals surface area (Å²) in [4.78, 5) is 0. The number of benzene rings is 1. The molecule has 0 spiro atoms. The molecule has 0 radical (unpaired) electrons. The van der Waals surface area contributed by atoms with Crippen LogP contribution in [0.15, 0.2) is 16.6 Å². The Hall–Kier alpha value is -0.520. The summed E-state index contributed by atoms with van der Waals surface area (Å²) in [6, 6.07) is 1.99. The van der Waals surface area contributed by atoms with Gasteiger partial charge < -0.3 is 9.84 Å². The van der Waals surface area contributed by atoms with E-state index in [4.69, 9.17) is 4.74 Å². The first-order chi connectivity index (χ1) is 6.53. The molecule has 1 fully saturated rings. The molecule has 1 aliphatic rings. The molecule has 5 heteroatoms. The average molecular weight is 265 g/mol. The van der Waals surface area contributed by atoms with Crippen molar-refractivity contribution in [3.05, 3.63) is 33.8 Å². The van der Waals surface area contributed by atoms with Crippen LogP contribution in [-0.4, -0.2) is 18.3 Å². The second kappa shape index (κ2) is 3.25. The third-order valence-electron chi connectivity index (χ3n) is 2.19. The predicted molar refractivity (Wildman–Crippen MR) is 48.8 cm³/mol. The van der Waals surface area contributed by atoms with Crippen molar-refractivity contribution in [1.29, 1.82) is 0 Å². The lowest BCUT2D eigenvalue weighted by Gasteiger charge is -2.36. The lowest BCUT2D eigenvalue weighted by atomic mass is 9.91. The Bertz CT molecular complexity index is 377. The zero-order valence-corrected chi connectivity index (χ0v) is 8.64. The molecule has 2 rings (SSSR count). The Balaban J connectivity index is 2.48. The van der Waals surface area contributed by atoms with Crippen LogP contribution in [0.5, 0.6) is 0 Å². The van der Waals surface area contributed by atoms with E-state index in [1.54, 1.807) is 0 Å². The first-order valence-corrected chi connectivity index (χ1v) is 4.77. The van der Waals surface area contributed by atoms with Crippen molar-refractivity contribution in [2.24, 2.45) is 0 Å². The predicted octanol–water partition coefficient (Wildman–Crippen LogP) is 1.95. The molecule has 1 aromatic rings. The van der Waals surface area contributed by atoms with E-state index < -0.39 is 17.2 Å². The number of hydrogen-bond acceptors (Lipinski definition) is 2. The molecule has 14 heavy (non-hydrogen) atoms. The quantitative estimate of drug-likeness (QED) is 0.786. The van der Waals surface area contributed by atoms with Crippen molar-refractivity contribution in [2.75, 3.05) is 13.2 Å². The number of hydrogen-bond donors (Lipinski definition) is 1. The molecule has 1 saturated heterocycles. The molecule has 0 amide bonds. The third kappa shape index (κ3) is 1.45. The normalized spacial score (nSPS) is 19.1. The SMILES string of the molecule is OC1(c2cc(F)c(Br)cc2F)COC1. The Morgan fingerprint density at radius 1 is 1.29 bits per heavy atom. The maximum atomic E-state index is 13.3. The molecule has 0 aliphatic carbocycles. The van der Waals surface area contributed by atoms with E-state index in [0.29, 0.717) is 0 Å². The van der Waals surface area contributed by atoms with Crippen LogP contribution in [0.3, 0.4) is 0 Å². The van der Waals surface area contributed by atoms with E-state index in [1.165, 1.54) is 0 Å². The van der Waals surface area contributed by atoms with E-state index in [1.807, 2.05) is 0 Å². The van der Waals surface area contributed by atoms with Crippen LogP contribution in [0.4, 0.5) is 8.78 Å². The second-order valence-corrected chi connectivity index (χ2v) is 4.12. The first kappa shape index (κ1) is 10.0. The van der Waals surface area contributed by atoms with Crippen molar-refractivity contribution in [2.45, 2.75) is 5.60 Å². The maximum absolute atomic E-state index is 13.3.